The monoisotopic (exact) mass is 1400 g/mol. The normalized spacial score (nSPS) is 14.1. The van der Waals surface area contributed by atoms with Crippen LogP contribution in [0.25, 0.3) is 0 Å². The van der Waals surface area contributed by atoms with Crippen molar-refractivity contribution in [2.45, 2.75) is 317 Å². The first-order chi connectivity index (χ1) is 31.0. The van der Waals surface area contributed by atoms with E-state index >= 15 is 0 Å². The molecule has 0 spiro atoms. The summed E-state index contributed by atoms with van der Waals surface area (Å²) in [7, 11) is -4.46. The van der Waals surface area contributed by atoms with Crippen molar-refractivity contribution in [3.05, 3.63) is 0 Å². The zero-order valence-corrected chi connectivity index (χ0v) is 62.5. The molecule has 1 aliphatic rings. The Morgan fingerprint density at radius 2 is 0.297 bits per heavy atom. The van der Waals surface area contributed by atoms with E-state index in [9.17, 15) is 0 Å². The van der Waals surface area contributed by atoms with Gasteiger partial charge in [0, 0.05) is 0 Å². The van der Waals surface area contributed by atoms with Crippen molar-refractivity contribution in [1.29, 1.82) is 0 Å². The zero-order chi connectivity index (χ0) is 48.9. The third-order valence-electron chi connectivity index (χ3n) is 11.8. The Morgan fingerprint density at radius 1 is 0.203 bits per heavy atom. The molecular formula is C52H120O4Si4Sn4. The molecule has 1 heterocycles. The minimum Gasteiger partial charge on any atom is -0.414 e. The van der Waals surface area contributed by atoms with E-state index in [4.69, 9.17) is 16.5 Å². The Morgan fingerprint density at radius 3 is 0.375 bits per heavy atom. The Kier molecular flexibility index (Phi) is 73.3. The third kappa shape index (κ3) is 60.2. The van der Waals surface area contributed by atoms with Crippen molar-refractivity contribution >= 4 is 116 Å². The quantitative estimate of drug-likeness (QED) is 0.0586. The van der Waals surface area contributed by atoms with E-state index in [-0.39, 0.29) is 0 Å². The molecule has 0 saturated carbocycles. The summed E-state index contributed by atoms with van der Waals surface area (Å²) in [5, 5.41) is 0. The van der Waals surface area contributed by atoms with Gasteiger partial charge < -0.3 is 16.5 Å². The molecule has 0 aromatic rings. The van der Waals surface area contributed by atoms with E-state index in [2.05, 4.69) is 83.1 Å². The van der Waals surface area contributed by atoms with E-state index in [1.54, 1.807) is 53.2 Å². The Bertz CT molecular complexity index is 619. The maximum absolute atomic E-state index is 5.56. The van der Waals surface area contributed by atoms with Gasteiger partial charge >= 0.3 is 407 Å². The number of rotatable bonds is 36. The molecule has 0 unspecified atom stereocenters. The largest absolute Gasteiger partial charge is 0.414 e. The van der Waals surface area contributed by atoms with Crippen LogP contribution in [0.1, 0.15) is 237 Å². The van der Waals surface area contributed by atoms with Crippen molar-refractivity contribution in [1.82, 2.24) is 0 Å². The van der Waals surface area contributed by atoms with Crippen LogP contribution in [0.15, 0.2) is 0 Å². The number of hydrogen-bond acceptors (Lipinski definition) is 4. The van der Waals surface area contributed by atoms with Gasteiger partial charge in [0.2, 0.25) is 0 Å². The standard InChI is InChI=1S/C4H12O4Si4.12C4H9.4Sn/c1-9-5-10(2)7-12(4)8-11(3)6-9;12*1-3-4-2;;;;/h1-4H3;12*1,3-4H2,2H3;;;;. The van der Waals surface area contributed by atoms with Gasteiger partial charge in [0.1, 0.15) is 0 Å². The van der Waals surface area contributed by atoms with Crippen molar-refractivity contribution in [3.63, 3.8) is 0 Å². The molecule has 64 heavy (non-hydrogen) atoms. The van der Waals surface area contributed by atoms with Crippen molar-refractivity contribution in [2.24, 2.45) is 0 Å². The molecule has 0 N–H and O–H groups in total. The van der Waals surface area contributed by atoms with E-state index < -0.39 is 116 Å². The maximum Gasteiger partial charge on any atom is 0.362 e. The number of hydrogen-bond donors (Lipinski definition) is 0. The zero-order valence-electron chi connectivity index (χ0n) is 47.1. The summed E-state index contributed by atoms with van der Waals surface area (Å²) in [5.74, 6) is 0. The van der Waals surface area contributed by atoms with Crippen LogP contribution in [0.4, 0.5) is 0 Å². The van der Waals surface area contributed by atoms with Crippen LogP contribution < -0.4 is 0 Å². The van der Waals surface area contributed by atoms with Gasteiger partial charge in [-0.2, -0.15) is 0 Å². The van der Waals surface area contributed by atoms with Crippen LogP contribution in [0.3, 0.4) is 0 Å². The maximum atomic E-state index is 5.56. The molecule has 1 fully saturated rings. The predicted molar refractivity (Wildman–Crippen MR) is 310 cm³/mol. The van der Waals surface area contributed by atoms with Gasteiger partial charge in [-0.25, -0.2) is 0 Å². The molecule has 0 amide bonds. The van der Waals surface area contributed by atoms with Gasteiger partial charge in [-0.1, -0.05) is 0 Å². The SMILES string of the molecule is CCC[CH2][Sn]([CH2]CCC)[CH2]CCC.CCC[CH2][Sn]([CH2]CCC)[CH2]CCC.CCC[CH2][Sn]([CH2]CCC)[CH2]CCC.CCC[CH2][Sn]([CH2]CCC)[CH2]CCC.C[Si]1O[Si](C)O[Si](C)O[Si](C)O1. The van der Waals surface area contributed by atoms with Crippen molar-refractivity contribution in [2.75, 3.05) is 0 Å². The van der Waals surface area contributed by atoms with E-state index in [1.165, 1.54) is 154 Å². The van der Waals surface area contributed by atoms with Gasteiger partial charge in [-0.05, 0) is 26.2 Å². The minimum atomic E-state index is -1.12. The summed E-state index contributed by atoms with van der Waals surface area (Å²) < 4.78 is 42.4. The van der Waals surface area contributed by atoms with Crippen LogP contribution >= 0.6 is 0 Å². The molecule has 384 valence electrons. The summed E-state index contributed by atoms with van der Waals surface area (Å²) in [6.07, 6.45) is 35.4. The molecule has 4 nitrogen and oxygen atoms in total. The van der Waals surface area contributed by atoms with Crippen LogP contribution in [0.5, 0.6) is 0 Å². The van der Waals surface area contributed by atoms with Gasteiger partial charge in [-0.15, -0.1) is 0 Å². The summed E-state index contributed by atoms with van der Waals surface area (Å²) in [5.41, 5.74) is 0. The Balaban J connectivity index is -0.000000352. The number of unbranched alkanes of at least 4 members (excludes halogenated alkanes) is 12. The van der Waals surface area contributed by atoms with Gasteiger partial charge in [0.15, 0.2) is 0 Å². The molecule has 1 saturated heterocycles. The molecule has 0 aromatic carbocycles. The Hall–Kier alpha value is 3.90. The second-order valence-corrected chi connectivity index (χ2v) is 60.1. The summed E-state index contributed by atoms with van der Waals surface area (Å²) in [6, 6.07) is 0. The van der Waals surface area contributed by atoms with Crippen LogP contribution in [0, 0.1) is 0 Å². The molecule has 1 rings (SSSR count). The fourth-order valence-electron chi connectivity index (χ4n) is 7.51. The molecule has 0 atom stereocenters. The molecule has 0 aliphatic carbocycles. The predicted octanol–water partition coefficient (Wildman–Crippen LogP) is 20.1. The molecule has 8 radical (unpaired) electrons. The van der Waals surface area contributed by atoms with Crippen molar-refractivity contribution < 1.29 is 16.5 Å². The second kappa shape index (κ2) is 63.0. The molecular weight excluding hydrogens is 1280 g/mol. The molecule has 12 heteroatoms. The first kappa shape index (κ1) is 74.4. The topological polar surface area (TPSA) is 36.9 Å². The van der Waals surface area contributed by atoms with Crippen LogP contribution in [-0.4, -0.2) is 116 Å². The fourth-order valence-corrected chi connectivity index (χ4v) is 54.0. The van der Waals surface area contributed by atoms with E-state index in [0.717, 1.165) is 0 Å². The smallest absolute Gasteiger partial charge is 0.362 e. The molecule has 0 aromatic heterocycles. The Labute approximate surface area is 444 Å². The first-order valence-electron chi connectivity index (χ1n) is 28.4. The van der Waals surface area contributed by atoms with E-state index in [1.807, 2.05) is 26.2 Å². The average molecular weight is 1400 g/mol. The first-order valence-corrected chi connectivity index (χ1v) is 59.8. The summed E-state index contributed by atoms with van der Waals surface area (Å²) in [4.78, 5) is 0. The van der Waals surface area contributed by atoms with E-state index in [0.29, 0.717) is 0 Å². The summed E-state index contributed by atoms with van der Waals surface area (Å²) in [6.45, 7) is 35.9. The van der Waals surface area contributed by atoms with Crippen LogP contribution in [0.2, 0.25) is 79.4 Å². The van der Waals surface area contributed by atoms with Gasteiger partial charge in [-0.3, -0.25) is 0 Å². The molecule has 1 aliphatic heterocycles. The van der Waals surface area contributed by atoms with Gasteiger partial charge in [0.05, 0.1) is 0 Å². The van der Waals surface area contributed by atoms with Crippen LogP contribution in [-0.2, 0) is 16.5 Å². The van der Waals surface area contributed by atoms with Gasteiger partial charge in [0.25, 0.3) is 0 Å². The average Bonchev–Trinajstić information content (AvgIpc) is 3.28. The minimum absolute atomic E-state index is 0.839. The van der Waals surface area contributed by atoms with Crippen molar-refractivity contribution in [3.8, 4) is 0 Å². The molecule has 0 bridgehead atoms. The third-order valence-corrected chi connectivity index (χ3v) is 57.3. The second-order valence-electron chi connectivity index (χ2n) is 18.6. The summed E-state index contributed by atoms with van der Waals surface area (Å²) >= 11 is -3.36. The fraction of sp³-hybridized carbons (Fsp3) is 1.00.